The number of carbonyl (C=O) groups excluding carboxylic acids is 1. The van der Waals surface area contributed by atoms with Gasteiger partial charge in [0.2, 0.25) is 0 Å². The van der Waals surface area contributed by atoms with E-state index in [9.17, 15) is 9.18 Å². The highest BCUT2D eigenvalue weighted by Gasteiger charge is 2.09. The van der Waals surface area contributed by atoms with E-state index >= 15 is 0 Å². The maximum atomic E-state index is 13.9. The molecule has 3 aromatic rings. The van der Waals surface area contributed by atoms with Crippen LogP contribution < -0.4 is 10.6 Å². The van der Waals surface area contributed by atoms with Gasteiger partial charge >= 0.3 is 0 Å². The average molecular weight is 349 g/mol. The highest BCUT2D eigenvalue weighted by Crippen LogP contribution is 2.23. The molecule has 26 heavy (non-hydrogen) atoms. The summed E-state index contributed by atoms with van der Waals surface area (Å²) in [6, 6.07) is 17.4. The largest absolute Gasteiger partial charge is 0.384 e. The van der Waals surface area contributed by atoms with Gasteiger partial charge in [0.05, 0.1) is 5.69 Å². The van der Waals surface area contributed by atoms with E-state index in [1.54, 1.807) is 54.9 Å². The fourth-order valence-electron chi connectivity index (χ4n) is 2.62. The number of carbonyl (C=O) groups is 1. The first-order valence-electron chi connectivity index (χ1n) is 8.51. The van der Waals surface area contributed by atoms with Crippen molar-refractivity contribution in [2.75, 3.05) is 18.4 Å². The zero-order valence-electron chi connectivity index (χ0n) is 14.3. The molecule has 0 aliphatic heterocycles. The Balaban J connectivity index is 1.52. The maximum Gasteiger partial charge on any atom is 0.251 e. The number of rotatable bonds is 7. The molecule has 0 saturated heterocycles. The minimum absolute atomic E-state index is 0.162. The van der Waals surface area contributed by atoms with Crippen LogP contribution in [-0.2, 0) is 0 Å². The van der Waals surface area contributed by atoms with E-state index in [2.05, 4.69) is 15.6 Å². The minimum Gasteiger partial charge on any atom is -0.384 e. The standard InChI is InChI=1S/C21H20FN3O/c22-20-10-2-1-9-19(20)16-6-3-7-17(14-16)21(26)25-13-5-12-24-18-8-4-11-23-15-18/h1-4,6-11,14-15,24H,5,12-13H2,(H,25,26). The molecule has 1 aromatic heterocycles. The van der Waals surface area contributed by atoms with Gasteiger partial charge in [-0.15, -0.1) is 0 Å². The number of aromatic nitrogens is 1. The maximum absolute atomic E-state index is 13.9. The van der Waals surface area contributed by atoms with Crippen molar-refractivity contribution in [1.82, 2.24) is 10.3 Å². The molecule has 0 bridgehead atoms. The van der Waals surface area contributed by atoms with Gasteiger partial charge in [0.25, 0.3) is 5.91 Å². The predicted octanol–water partition coefficient (Wildman–Crippen LogP) is 4.12. The lowest BCUT2D eigenvalue weighted by Crippen LogP contribution is -2.25. The number of pyridine rings is 1. The molecule has 0 unspecified atom stereocenters. The molecule has 0 radical (unpaired) electrons. The molecule has 0 aliphatic rings. The van der Waals surface area contributed by atoms with E-state index in [1.807, 2.05) is 12.1 Å². The first kappa shape index (κ1) is 17.6. The average Bonchev–Trinajstić information content (AvgIpc) is 2.69. The van der Waals surface area contributed by atoms with Crippen LogP contribution in [0, 0.1) is 5.82 Å². The monoisotopic (exact) mass is 349 g/mol. The van der Waals surface area contributed by atoms with Crippen molar-refractivity contribution in [2.24, 2.45) is 0 Å². The molecule has 0 spiro atoms. The second kappa shape index (κ2) is 8.76. The van der Waals surface area contributed by atoms with Gasteiger partial charge < -0.3 is 10.6 Å². The first-order chi connectivity index (χ1) is 12.7. The van der Waals surface area contributed by atoms with E-state index in [4.69, 9.17) is 0 Å². The van der Waals surface area contributed by atoms with Gasteiger partial charge in [-0.2, -0.15) is 0 Å². The van der Waals surface area contributed by atoms with Crippen LogP contribution in [0.15, 0.2) is 73.1 Å². The van der Waals surface area contributed by atoms with Crippen molar-refractivity contribution in [3.8, 4) is 11.1 Å². The lowest BCUT2D eigenvalue weighted by molar-refractivity contribution is 0.0953. The quantitative estimate of drug-likeness (QED) is 0.631. The van der Waals surface area contributed by atoms with Crippen molar-refractivity contribution in [3.63, 3.8) is 0 Å². The lowest BCUT2D eigenvalue weighted by atomic mass is 10.0. The van der Waals surface area contributed by atoms with Crippen molar-refractivity contribution in [1.29, 1.82) is 0 Å². The van der Waals surface area contributed by atoms with Crippen LogP contribution in [0.1, 0.15) is 16.8 Å². The van der Waals surface area contributed by atoms with Gasteiger partial charge in [0.1, 0.15) is 5.82 Å². The zero-order chi connectivity index (χ0) is 18.2. The summed E-state index contributed by atoms with van der Waals surface area (Å²) in [5, 5.41) is 6.13. The smallest absolute Gasteiger partial charge is 0.251 e. The number of halogens is 1. The van der Waals surface area contributed by atoms with E-state index in [-0.39, 0.29) is 11.7 Å². The van der Waals surface area contributed by atoms with Crippen molar-refractivity contribution in [2.45, 2.75) is 6.42 Å². The van der Waals surface area contributed by atoms with Crippen LogP contribution in [0.4, 0.5) is 10.1 Å². The third-order valence-electron chi connectivity index (χ3n) is 3.94. The van der Waals surface area contributed by atoms with Gasteiger partial charge in [-0.3, -0.25) is 9.78 Å². The van der Waals surface area contributed by atoms with Gasteiger partial charge in [0, 0.05) is 36.6 Å². The second-order valence-electron chi connectivity index (χ2n) is 5.84. The number of anilines is 1. The summed E-state index contributed by atoms with van der Waals surface area (Å²) < 4.78 is 13.9. The third-order valence-corrected chi connectivity index (χ3v) is 3.94. The Kier molecular flexibility index (Phi) is 5.93. The van der Waals surface area contributed by atoms with E-state index in [0.29, 0.717) is 23.2 Å². The number of hydrogen-bond acceptors (Lipinski definition) is 3. The first-order valence-corrected chi connectivity index (χ1v) is 8.51. The van der Waals surface area contributed by atoms with Crippen LogP contribution in [0.3, 0.4) is 0 Å². The van der Waals surface area contributed by atoms with Gasteiger partial charge in [0.15, 0.2) is 0 Å². The van der Waals surface area contributed by atoms with E-state index < -0.39 is 0 Å². The highest BCUT2D eigenvalue weighted by molar-refractivity contribution is 5.95. The number of hydrogen-bond donors (Lipinski definition) is 2. The Morgan fingerprint density at radius 3 is 2.69 bits per heavy atom. The summed E-state index contributed by atoms with van der Waals surface area (Å²) in [4.78, 5) is 16.3. The Morgan fingerprint density at radius 2 is 1.88 bits per heavy atom. The molecule has 2 N–H and O–H groups in total. The highest BCUT2D eigenvalue weighted by atomic mass is 19.1. The molecule has 2 aromatic carbocycles. The molecular formula is C21H20FN3O. The zero-order valence-corrected chi connectivity index (χ0v) is 14.3. The van der Waals surface area contributed by atoms with E-state index in [0.717, 1.165) is 18.7 Å². The van der Waals surface area contributed by atoms with Crippen LogP contribution in [0.2, 0.25) is 0 Å². The van der Waals surface area contributed by atoms with Gasteiger partial charge in [-0.25, -0.2) is 4.39 Å². The molecule has 0 saturated carbocycles. The van der Waals surface area contributed by atoms with Gasteiger partial charge in [-0.05, 0) is 42.3 Å². The minimum atomic E-state index is -0.300. The number of nitrogens with one attached hydrogen (secondary N) is 2. The third kappa shape index (κ3) is 4.66. The molecule has 0 atom stereocenters. The fourth-order valence-corrected chi connectivity index (χ4v) is 2.62. The molecular weight excluding hydrogens is 329 g/mol. The molecule has 5 heteroatoms. The number of amides is 1. The fraction of sp³-hybridized carbons (Fsp3) is 0.143. The summed E-state index contributed by atoms with van der Waals surface area (Å²) in [5.74, 6) is -0.462. The topological polar surface area (TPSA) is 54.0 Å². The van der Waals surface area contributed by atoms with Crippen molar-refractivity contribution < 1.29 is 9.18 Å². The summed E-state index contributed by atoms with van der Waals surface area (Å²) in [7, 11) is 0. The Bertz CT molecular complexity index is 868. The molecule has 1 amide bonds. The second-order valence-corrected chi connectivity index (χ2v) is 5.84. The lowest BCUT2D eigenvalue weighted by Gasteiger charge is -2.09. The van der Waals surface area contributed by atoms with Crippen LogP contribution >= 0.6 is 0 Å². The van der Waals surface area contributed by atoms with Crippen LogP contribution in [-0.4, -0.2) is 24.0 Å². The molecule has 0 fully saturated rings. The Labute approximate surface area is 152 Å². The number of nitrogens with zero attached hydrogens (tertiary/aromatic N) is 1. The predicted molar refractivity (Wildman–Crippen MR) is 102 cm³/mol. The molecule has 3 rings (SSSR count). The molecule has 4 nitrogen and oxygen atoms in total. The summed E-state index contributed by atoms with van der Waals surface area (Å²) in [6.45, 7) is 1.29. The molecule has 1 heterocycles. The summed E-state index contributed by atoms with van der Waals surface area (Å²) >= 11 is 0. The van der Waals surface area contributed by atoms with Crippen molar-refractivity contribution in [3.05, 3.63) is 84.4 Å². The molecule has 0 aliphatic carbocycles. The normalized spacial score (nSPS) is 10.3. The van der Waals surface area contributed by atoms with E-state index in [1.165, 1.54) is 6.07 Å². The Morgan fingerprint density at radius 1 is 1.00 bits per heavy atom. The summed E-state index contributed by atoms with van der Waals surface area (Å²) in [6.07, 6.45) is 4.27. The van der Waals surface area contributed by atoms with Crippen LogP contribution in [0.5, 0.6) is 0 Å². The Hall–Kier alpha value is -3.21. The number of benzene rings is 2. The SMILES string of the molecule is O=C(NCCCNc1cccnc1)c1cccc(-c2ccccc2F)c1. The van der Waals surface area contributed by atoms with Crippen molar-refractivity contribution >= 4 is 11.6 Å². The van der Waals surface area contributed by atoms with Crippen LogP contribution in [0.25, 0.3) is 11.1 Å². The van der Waals surface area contributed by atoms with Gasteiger partial charge in [-0.1, -0.05) is 30.3 Å². The summed E-state index contributed by atoms with van der Waals surface area (Å²) in [5.41, 5.74) is 2.65. The molecule has 132 valence electrons.